The third-order valence-corrected chi connectivity index (χ3v) is 11.2. The zero-order chi connectivity index (χ0) is 39.8. The van der Waals surface area contributed by atoms with E-state index < -0.39 is 0 Å². The molecule has 0 fully saturated rings. The van der Waals surface area contributed by atoms with E-state index in [9.17, 15) is 0 Å². The van der Waals surface area contributed by atoms with E-state index in [0.717, 1.165) is 78.4 Å². The second-order valence-electron chi connectivity index (χ2n) is 14.8. The lowest BCUT2D eigenvalue weighted by Crippen LogP contribution is -2.13. The molecule has 60 heavy (non-hydrogen) atoms. The molecule has 282 valence electrons. The first-order valence-corrected chi connectivity index (χ1v) is 20.0. The summed E-state index contributed by atoms with van der Waals surface area (Å²) < 4.78 is 0. The van der Waals surface area contributed by atoms with Crippen molar-refractivity contribution in [2.75, 3.05) is 9.80 Å². The molecule has 0 bridgehead atoms. The van der Waals surface area contributed by atoms with Crippen LogP contribution in [-0.2, 0) is 0 Å². The van der Waals surface area contributed by atoms with Crippen molar-refractivity contribution < 1.29 is 0 Å². The number of hydrogen-bond donors (Lipinski definition) is 0. The van der Waals surface area contributed by atoms with E-state index in [2.05, 4.69) is 131 Å². The van der Waals surface area contributed by atoms with Crippen molar-refractivity contribution in [1.29, 1.82) is 0 Å². The first kappa shape index (κ1) is 35.0. The Morgan fingerprint density at radius 1 is 0.267 bits per heavy atom. The average Bonchev–Trinajstić information content (AvgIpc) is 3.32. The van der Waals surface area contributed by atoms with Gasteiger partial charge in [-0.15, -0.1) is 0 Å². The van der Waals surface area contributed by atoms with Crippen LogP contribution < -0.4 is 9.80 Å². The second kappa shape index (κ2) is 14.9. The molecular formula is C54H36N6. The standard InChI is InChI=1S/C54H36N6/c1-3-15-39-33-41(23-21-37(39)13-1)53-45-27-25-43(59(49-17-5-9-29-55-49)50-18-6-10-30-56-50)35-47(45)54(42-24-22-38-14-2-4-16-40(38)34-42)48-36-44(26-28-46(48)53)60(51-19-7-11-31-57-51)52-20-8-12-32-58-52/h1-36H. The summed E-state index contributed by atoms with van der Waals surface area (Å²) in [5, 5.41) is 9.26. The molecule has 0 aliphatic rings. The van der Waals surface area contributed by atoms with Gasteiger partial charge in [-0.1, -0.05) is 109 Å². The van der Waals surface area contributed by atoms with Crippen LogP contribution >= 0.6 is 0 Å². The molecule has 0 aliphatic heterocycles. The minimum absolute atomic E-state index is 0.780. The normalized spacial score (nSPS) is 11.3. The highest BCUT2D eigenvalue weighted by atomic mass is 15.2. The molecule has 0 aliphatic carbocycles. The Morgan fingerprint density at radius 3 is 0.983 bits per heavy atom. The van der Waals surface area contributed by atoms with Gasteiger partial charge in [-0.2, -0.15) is 0 Å². The largest absolute Gasteiger partial charge is 0.279 e. The molecular weight excluding hydrogens is 733 g/mol. The van der Waals surface area contributed by atoms with E-state index in [0.29, 0.717) is 0 Å². The minimum Gasteiger partial charge on any atom is -0.279 e. The molecule has 0 radical (unpaired) electrons. The van der Waals surface area contributed by atoms with Crippen LogP contribution in [0.5, 0.6) is 0 Å². The summed E-state index contributed by atoms with van der Waals surface area (Å²) in [7, 11) is 0. The van der Waals surface area contributed by atoms with Crippen LogP contribution in [-0.4, -0.2) is 19.9 Å². The lowest BCUT2D eigenvalue weighted by atomic mass is 9.84. The highest BCUT2D eigenvalue weighted by Crippen LogP contribution is 2.48. The van der Waals surface area contributed by atoms with Gasteiger partial charge in [0.15, 0.2) is 0 Å². The van der Waals surface area contributed by atoms with Crippen LogP contribution in [0.25, 0.3) is 65.3 Å². The summed E-state index contributed by atoms with van der Waals surface area (Å²) in [6, 6.07) is 68.3. The molecule has 0 saturated heterocycles. The van der Waals surface area contributed by atoms with Crippen LogP contribution in [0.1, 0.15) is 0 Å². The Labute approximate surface area is 347 Å². The molecule has 11 aromatic rings. The number of anilines is 6. The number of rotatable bonds is 8. The Bertz CT molecular complexity index is 3100. The monoisotopic (exact) mass is 768 g/mol. The summed E-state index contributed by atoms with van der Waals surface area (Å²) in [6.45, 7) is 0. The number of fused-ring (bicyclic) bond motifs is 4. The van der Waals surface area contributed by atoms with Gasteiger partial charge in [-0.3, -0.25) is 9.80 Å². The Balaban J connectivity index is 1.28. The maximum atomic E-state index is 4.83. The van der Waals surface area contributed by atoms with Gasteiger partial charge in [-0.05, 0) is 150 Å². The molecule has 0 unspecified atom stereocenters. The van der Waals surface area contributed by atoms with Gasteiger partial charge in [0.2, 0.25) is 0 Å². The van der Waals surface area contributed by atoms with Crippen molar-refractivity contribution in [3.63, 3.8) is 0 Å². The second-order valence-corrected chi connectivity index (χ2v) is 14.8. The van der Waals surface area contributed by atoms with Crippen LogP contribution in [0.15, 0.2) is 219 Å². The molecule has 6 nitrogen and oxygen atoms in total. The Hall–Kier alpha value is -8.22. The minimum atomic E-state index is 0.780. The average molecular weight is 769 g/mol. The Kier molecular flexibility index (Phi) is 8.71. The zero-order valence-corrected chi connectivity index (χ0v) is 32.5. The summed E-state index contributed by atoms with van der Waals surface area (Å²) in [4.78, 5) is 23.6. The van der Waals surface area contributed by atoms with Gasteiger partial charge < -0.3 is 0 Å². The molecule has 0 atom stereocenters. The summed E-state index contributed by atoms with van der Waals surface area (Å²) in [6.07, 6.45) is 7.31. The lowest BCUT2D eigenvalue weighted by molar-refractivity contribution is 1.13. The molecule has 0 saturated carbocycles. The van der Waals surface area contributed by atoms with E-state index in [1.54, 1.807) is 0 Å². The molecule has 0 amide bonds. The summed E-state index contributed by atoms with van der Waals surface area (Å²) >= 11 is 0. The third-order valence-electron chi connectivity index (χ3n) is 11.2. The number of hydrogen-bond acceptors (Lipinski definition) is 6. The first-order chi connectivity index (χ1) is 29.8. The molecule has 6 heteroatoms. The van der Waals surface area contributed by atoms with Crippen LogP contribution in [0.3, 0.4) is 0 Å². The number of pyridine rings is 4. The van der Waals surface area contributed by atoms with E-state index >= 15 is 0 Å². The van der Waals surface area contributed by atoms with E-state index in [-0.39, 0.29) is 0 Å². The maximum Gasteiger partial charge on any atom is 0.138 e. The van der Waals surface area contributed by atoms with Crippen LogP contribution in [0.4, 0.5) is 34.6 Å². The zero-order valence-electron chi connectivity index (χ0n) is 32.5. The van der Waals surface area contributed by atoms with Crippen LogP contribution in [0.2, 0.25) is 0 Å². The van der Waals surface area contributed by atoms with Crippen molar-refractivity contribution in [2.24, 2.45) is 0 Å². The topological polar surface area (TPSA) is 58.0 Å². The molecule has 0 spiro atoms. The van der Waals surface area contributed by atoms with Crippen molar-refractivity contribution in [2.45, 2.75) is 0 Å². The van der Waals surface area contributed by atoms with E-state index in [1.807, 2.05) is 97.6 Å². The SMILES string of the molecule is c1ccc(N(c2ccc3c(-c4ccc5ccccc5c4)c4ccc(N(c5ccccn5)c5ccccn5)cc4c(-c4ccc5ccccc5c4)c3c2)c2ccccn2)nc1. The highest BCUT2D eigenvalue weighted by molar-refractivity contribution is 6.23. The maximum absolute atomic E-state index is 4.83. The molecule has 11 rings (SSSR count). The van der Waals surface area contributed by atoms with Crippen LogP contribution in [0, 0.1) is 0 Å². The van der Waals surface area contributed by atoms with Crippen molar-refractivity contribution >= 4 is 77.7 Å². The number of benzene rings is 7. The molecule has 4 heterocycles. The predicted molar refractivity (Wildman–Crippen MR) is 248 cm³/mol. The number of nitrogens with zero attached hydrogens (tertiary/aromatic N) is 6. The molecule has 0 N–H and O–H groups in total. The van der Waals surface area contributed by atoms with Gasteiger partial charge >= 0.3 is 0 Å². The highest BCUT2D eigenvalue weighted by Gasteiger charge is 2.23. The Morgan fingerprint density at radius 2 is 0.617 bits per heavy atom. The van der Waals surface area contributed by atoms with Crippen molar-refractivity contribution in [3.8, 4) is 22.3 Å². The predicted octanol–water partition coefficient (Wildman–Crippen LogP) is 14.2. The van der Waals surface area contributed by atoms with Gasteiger partial charge in [0.05, 0.1) is 0 Å². The third kappa shape index (κ3) is 6.24. The van der Waals surface area contributed by atoms with Gasteiger partial charge in [-0.25, -0.2) is 19.9 Å². The van der Waals surface area contributed by atoms with Gasteiger partial charge in [0.25, 0.3) is 0 Å². The quantitative estimate of drug-likeness (QED) is 0.144. The van der Waals surface area contributed by atoms with Crippen molar-refractivity contribution in [1.82, 2.24) is 19.9 Å². The van der Waals surface area contributed by atoms with Gasteiger partial charge in [0.1, 0.15) is 23.3 Å². The molecule has 4 aromatic heterocycles. The first-order valence-electron chi connectivity index (χ1n) is 20.0. The summed E-state index contributed by atoms with van der Waals surface area (Å²) in [5.41, 5.74) is 6.45. The number of aromatic nitrogens is 4. The fourth-order valence-corrected chi connectivity index (χ4v) is 8.50. The van der Waals surface area contributed by atoms with E-state index in [4.69, 9.17) is 19.9 Å². The fourth-order valence-electron chi connectivity index (χ4n) is 8.50. The van der Waals surface area contributed by atoms with Gasteiger partial charge in [0, 0.05) is 36.2 Å². The summed E-state index contributed by atoms with van der Waals surface area (Å²) in [5.74, 6) is 3.12. The smallest absolute Gasteiger partial charge is 0.138 e. The fraction of sp³-hybridized carbons (Fsp3) is 0. The van der Waals surface area contributed by atoms with E-state index in [1.165, 1.54) is 21.5 Å². The van der Waals surface area contributed by atoms with Crippen molar-refractivity contribution in [3.05, 3.63) is 219 Å². The molecule has 7 aromatic carbocycles. The lowest BCUT2D eigenvalue weighted by Gasteiger charge is -2.26.